The van der Waals surface area contributed by atoms with Crippen LogP contribution in [-0.2, 0) is 0 Å². The third-order valence-electron chi connectivity index (χ3n) is 3.27. The van der Waals surface area contributed by atoms with Gasteiger partial charge in [-0.3, -0.25) is 4.79 Å². The molecule has 0 saturated carbocycles. The topological polar surface area (TPSA) is 43.1 Å². The second-order valence-corrected chi connectivity index (χ2v) is 5.24. The Morgan fingerprint density at radius 1 is 0.842 bits per heavy atom. The number of carbonyl (C=O) groups is 1. The molecule has 19 heavy (non-hydrogen) atoms. The third kappa shape index (κ3) is 2.68. The van der Waals surface area contributed by atoms with Crippen molar-refractivity contribution < 1.29 is 4.79 Å². The Hall–Kier alpha value is -2.09. The molecule has 0 atom stereocenters. The van der Waals surface area contributed by atoms with E-state index in [1.165, 1.54) is 5.56 Å². The Morgan fingerprint density at radius 3 is 1.89 bits per heavy atom. The van der Waals surface area contributed by atoms with Gasteiger partial charge in [0.05, 0.1) is 0 Å². The van der Waals surface area contributed by atoms with Gasteiger partial charge in [0.25, 0.3) is 0 Å². The highest BCUT2D eigenvalue weighted by Crippen LogP contribution is 2.22. The van der Waals surface area contributed by atoms with E-state index in [1.807, 2.05) is 52.0 Å². The lowest BCUT2D eigenvalue weighted by molar-refractivity contribution is 0.103. The van der Waals surface area contributed by atoms with Gasteiger partial charge in [0.2, 0.25) is 0 Å². The zero-order valence-corrected chi connectivity index (χ0v) is 11.9. The number of carbonyl (C=O) groups excluding carboxylic acids is 1. The van der Waals surface area contributed by atoms with Crippen LogP contribution in [0.15, 0.2) is 30.3 Å². The summed E-state index contributed by atoms with van der Waals surface area (Å²) in [7, 11) is 0. The molecule has 2 heteroatoms. The number of ketones is 1. The van der Waals surface area contributed by atoms with Gasteiger partial charge in [0.1, 0.15) is 0 Å². The second-order valence-electron chi connectivity index (χ2n) is 5.24. The summed E-state index contributed by atoms with van der Waals surface area (Å²) in [4.78, 5) is 12.6. The van der Waals surface area contributed by atoms with Gasteiger partial charge >= 0.3 is 0 Å². The summed E-state index contributed by atoms with van der Waals surface area (Å²) in [5, 5.41) is 0. The van der Waals surface area contributed by atoms with Crippen molar-refractivity contribution in [3.63, 3.8) is 0 Å². The third-order valence-corrected chi connectivity index (χ3v) is 3.27. The summed E-state index contributed by atoms with van der Waals surface area (Å²) in [6, 6.07) is 9.58. The average Bonchev–Trinajstić information content (AvgIpc) is 2.25. The van der Waals surface area contributed by atoms with Gasteiger partial charge < -0.3 is 5.73 Å². The second kappa shape index (κ2) is 4.88. The van der Waals surface area contributed by atoms with Crippen molar-refractivity contribution in [2.24, 2.45) is 0 Å². The maximum Gasteiger partial charge on any atom is 0.193 e. The highest BCUT2D eigenvalue weighted by molar-refractivity contribution is 6.11. The van der Waals surface area contributed by atoms with E-state index in [2.05, 4.69) is 0 Å². The van der Waals surface area contributed by atoms with Gasteiger partial charge in [-0.25, -0.2) is 0 Å². The van der Waals surface area contributed by atoms with Crippen LogP contribution in [0.2, 0.25) is 0 Å². The summed E-state index contributed by atoms with van der Waals surface area (Å²) in [5.41, 5.74) is 12.1. The van der Waals surface area contributed by atoms with Crippen molar-refractivity contribution in [3.05, 3.63) is 63.7 Å². The predicted octanol–water partition coefficient (Wildman–Crippen LogP) is 3.73. The number of aryl methyl sites for hydroxylation is 4. The summed E-state index contributed by atoms with van der Waals surface area (Å²) in [6.45, 7) is 7.94. The lowest BCUT2D eigenvalue weighted by Crippen LogP contribution is -2.07. The van der Waals surface area contributed by atoms with Crippen molar-refractivity contribution in [2.45, 2.75) is 27.7 Å². The molecule has 0 bridgehead atoms. The van der Waals surface area contributed by atoms with Crippen LogP contribution in [0.3, 0.4) is 0 Å². The molecule has 2 nitrogen and oxygen atoms in total. The van der Waals surface area contributed by atoms with Gasteiger partial charge in [-0.1, -0.05) is 17.7 Å². The Kier molecular flexibility index (Phi) is 3.43. The number of hydrogen-bond acceptors (Lipinski definition) is 2. The summed E-state index contributed by atoms with van der Waals surface area (Å²) >= 11 is 0. The Bertz CT molecular complexity index is 613. The lowest BCUT2D eigenvalue weighted by atomic mass is 9.92. The SMILES string of the molecule is Cc1cc(N)cc(C(=O)c2c(C)cc(C)cc2C)c1. The normalized spacial score (nSPS) is 10.5. The van der Waals surface area contributed by atoms with Crippen molar-refractivity contribution in [2.75, 3.05) is 5.73 Å². The first kappa shape index (κ1) is 13.3. The Balaban J connectivity index is 2.56. The van der Waals surface area contributed by atoms with Gasteiger partial charge in [0.15, 0.2) is 5.78 Å². The summed E-state index contributed by atoms with van der Waals surface area (Å²) in [5.74, 6) is 0.0467. The molecule has 2 N–H and O–H groups in total. The minimum Gasteiger partial charge on any atom is -0.399 e. The van der Waals surface area contributed by atoms with E-state index in [4.69, 9.17) is 5.73 Å². The largest absolute Gasteiger partial charge is 0.399 e. The highest BCUT2D eigenvalue weighted by atomic mass is 16.1. The van der Waals surface area contributed by atoms with Crippen LogP contribution in [0, 0.1) is 27.7 Å². The number of rotatable bonds is 2. The molecule has 0 amide bonds. The molecule has 98 valence electrons. The van der Waals surface area contributed by atoms with E-state index in [0.29, 0.717) is 11.3 Å². The van der Waals surface area contributed by atoms with Crippen molar-refractivity contribution in [3.8, 4) is 0 Å². The predicted molar refractivity (Wildman–Crippen MR) is 79.7 cm³/mol. The van der Waals surface area contributed by atoms with E-state index < -0.39 is 0 Å². The van der Waals surface area contributed by atoms with Crippen molar-refractivity contribution in [1.29, 1.82) is 0 Å². The van der Waals surface area contributed by atoms with E-state index in [-0.39, 0.29) is 5.78 Å². The van der Waals surface area contributed by atoms with Crippen molar-refractivity contribution >= 4 is 11.5 Å². The fraction of sp³-hybridized carbons (Fsp3) is 0.235. The fourth-order valence-corrected chi connectivity index (χ4v) is 2.63. The van der Waals surface area contributed by atoms with Crippen LogP contribution in [-0.4, -0.2) is 5.78 Å². The zero-order valence-electron chi connectivity index (χ0n) is 11.9. The van der Waals surface area contributed by atoms with Gasteiger partial charge in [0, 0.05) is 16.8 Å². The first-order valence-electron chi connectivity index (χ1n) is 6.38. The molecule has 2 aromatic rings. The first-order chi connectivity index (χ1) is 8.88. The molecule has 0 radical (unpaired) electrons. The smallest absolute Gasteiger partial charge is 0.193 e. The standard InChI is InChI=1S/C17H19NO/c1-10-5-12(3)16(13(4)6-10)17(19)14-7-11(2)8-15(18)9-14/h5-9H,18H2,1-4H3. The number of benzene rings is 2. The minimum atomic E-state index is 0.0467. The molecule has 0 fully saturated rings. The fourth-order valence-electron chi connectivity index (χ4n) is 2.63. The number of hydrogen-bond donors (Lipinski definition) is 1. The molecule has 0 aliphatic carbocycles. The Morgan fingerprint density at radius 2 is 1.37 bits per heavy atom. The molecule has 0 heterocycles. The van der Waals surface area contributed by atoms with E-state index in [9.17, 15) is 4.79 Å². The van der Waals surface area contributed by atoms with Crippen LogP contribution in [0.1, 0.15) is 38.2 Å². The molecule has 2 aromatic carbocycles. The molecule has 0 saturated heterocycles. The zero-order chi connectivity index (χ0) is 14.2. The van der Waals surface area contributed by atoms with Crippen molar-refractivity contribution in [1.82, 2.24) is 0 Å². The molecule has 2 rings (SSSR count). The van der Waals surface area contributed by atoms with Crippen LogP contribution in [0.25, 0.3) is 0 Å². The monoisotopic (exact) mass is 253 g/mol. The summed E-state index contributed by atoms with van der Waals surface area (Å²) in [6.07, 6.45) is 0. The first-order valence-corrected chi connectivity index (χ1v) is 6.38. The van der Waals surface area contributed by atoms with Gasteiger partial charge in [-0.05, 0) is 62.6 Å². The molecular formula is C17H19NO. The Labute approximate surface area is 114 Å². The molecule has 0 aliphatic rings. The molecule has 0 unspecified atom stereocenters. The van der Waals surface area contributed by atoms with Gasteiger partial charge in [-0.15, -0.1) is 0 Å². The average molecular weight is 253 g/mol. The summed E-state index contributed by atoms with van der Waals surface area (Å²) < 4.78 is 0. The van der Waals surface area contributed by atoms with Crippen LogP contribution < -0.4 is 5.73 Å². The number of nitrogens with two attached hydrogens (primary N) is 1. The molecule has 0 aliphatic heterocycles. The van der Waals surface area contributed by atoms with Crippen LogP contribution >= 0.6 is 0 Å². The maximum atomic E-state index is 12.6. The molecule has 0 spiro atoms. The highest BCUT2D eigenvalue weighted by Gasteiger charge is 2.15. The van der Waals surface area contributed by atoms with Crippen LogP contribution in [0.4, 0.5) is 5.69 Å². The van der Waals surface area contributed by atoms with Gasteiger partial charge in [-0.2, -0.15) is 0 Å². The number of anilines is 1. The molecular weight excluding hydrogens is 234 g/mol. The lowest BCUT2D eigenvalue weighted by Gasteiger charge is -2.11. The van der Waals surface area contributed by atoms with E-state index >= 15 is 0 Å². The van der Waals surface area contributed by atoms with Crippen LogP contribution in [0.5, 0.6) is 0 Å². The minimum absolute atomic E-state index is 0.0467. The van der Waals surface area contributed by atoms with E-state index in [0.717, 1.165) is 22.3 Å². The number of nitrogen functional groups attached to an aromatic ring is 1. The van der Waals surface area contributed by atoms with E-state index in [1.54, 1.807) is 6.07 Å². The molecule has 0 aromatic heterocycles. The quantitative estimate of drug-likeness (QED) is 0.654. The maximum absolute atomic E-state index is 12.6.